The maximum Gasteiger partial charge on any atom is 0.152 e. The van der Waals surface area contributed by atoms with Gasteiger partial charge in [0.15, 0.2) is 6.29 Å². The van der Waals surface area contributed by atoms with E-state index in [0.717, 1.165) is 31.1 Å². The highest BCUT2D eigenvalue weighted by Gasteiger charge is 2.71. The number of hydrogen-bond acceptors (Lipinski definition) is 3. The van der Waals surface area contributed by atoms with Crippen LogP contribution in [-0.4, -0.2) is 23.6 Å². The second-order valence-electron chi connectivity index (χ2n) is 6.93. The fraction of sp³-hybridized carbons (Fsp3) is 0.611. The minimum atomic E-state index is -0.676. The van der Waals surface area contributed by atoms with Crippen LogP contribution in [0, 0.1) is 5.41 Å². The Bertz CT molecular complexity index is 525. The van der Waals surface area contributed by atoms with Gasteiger partial charge in [-0.15, -0.1) is 0 Å². The summed E-state index contributed by atoms with van der Waals surface area (Å²) in [7, 11) is 0. The highest BCUT2D eigenvalue weighted by molar-refractivity contribution is 5.67. The van der Waals surface area contributed by atoms with Crippen LogP contribution in [-0.2, 0) is 20.9 Å². The highest BCUT2D eigenvalue weighted by atomic mass is 16.6. The summed E-state index contributed by atoms with van der Waals surface area (Å²) in [5.74, 6) is 0. The lowest BCUT2D eigenvalue weighted by Gasteiger charge is -2.42. The first-order valence-electron chi connectivity index (χ1n) is 7.82. The van der Waals surface area contributed by atoms with E-state index in [0.29, 0.717) is 6.61 Å². The van der Waals surface area contributed by atoms with Gasteiger partial charge in [0, 0.05) is 5.41 Å². The van der Waals surface area contributed by atoms with Crippen molar-refractivity contribution >= 4 is 6.29 Å². The molecule has 0 aromatic heterocycles. The van der Waals surface area contributed by atoms with E-state index in [9.17, 15) is 4.79 Å². The van der Waals surface area contributed by atoms with E-state index in [1.165, 1.54) is 0 Å². The molecule has 3 heteroatoms. The summed E-state index contributed by atoms with van der Waals surface area (Å²) in [5.41, 5.74) is -0.121. The van der Waals surface area contributed by atoms with Crippen LogP contribution in [0.1, 0.15) is 45.6 Å². The molecular formula is C18H24O3. The molecule has 1 aromatic carbocycles. The fourth-order valence-corrected chi connectivity index (χ4v) is 4.16. The summed E-state index contributed by atoms with van der Waals surface area (Å²) in [6.07, 6.45) is 3.56. The van der Waals surface area contributed by atoms with Crippen molar-refractivity contribution in [1.82, 2.24) is 0 Å². The lowest BCUT2D eigenvalue weighted by Crippen LogP contribution is -2.53. The summed E-state index contributed by atoms with van der Waals surface area (Å²) in [6, 6.07) is 10.2. The van der Waals surface area contributed by atoms with Crippen LogP contribution in [0.15, 0.2) is 30.3 Å². The predicted molar refractivity (Wildman–Crippen MR) is 80.9 cm³/mol. The summed E-state index contributed by atoms with van der Waals surface area (Å²) in [5, 5.41) is 0. The van der Waals surface area contributed by atoms with Crippen LogP contribution >= 0.6 is 0 Å². The zero-order chi connectivity index (χ0) is 15.1. The Kier molecular flexibility index (Phi) is 3.45. The highest BCUT2D eigenvalue weighted by Crippen LogP contribution is 2.62. The minimum absolute atomic E-state index is 0.0471. The Hall–Kier alpha value is -1.19. The van der Waals surface area contributed by atoms with Gasteiger partial charge in [-0.3, -0.25) is 0 Å². The Morgan fingerprint density at radius 2 is 2.00 bits per heavy atom. The third kappa shape index (κ3) is 1.98. The lowest BCUT2D eigenvalue weighted by atomic mass is 9.63. The molecule has 0 N–H and O–H groups in total. The molecule has 1 aromatic rings. The smallest absolute Gasteiger partial charge is 0.152 e. The van der Waals surface area contributed by atoms with Gasteiger partial charge in [-0.05, 0) is 24.8 Å². The number of carbonyl (C=O) groups excluding carboxylic acids is 1. The van der Waals surface area contributed by atoms with Crippen molar-refractivity contribution in [2.75, 3.05) is 0 Å². The topological polar surface area (TPSA) is 35.5 Å². The molecule has 2 aliphatic rings. The largest absolute Gasteiger partial charge is 0.370 e. The van der Waals surface area contributed by atoms with Crippen LogP contribution < -0.4 is 0 Å². The SMILES string of the molecule is CCC12CCC(C=O)(O1)C(C)(C)C2OCc1ccccc1. The molecule has 3 nitrogen and oxygen atoms in total. The second kappa shape index (κ2) is 4.92. The molecule has 3 unspecified atom stereocenters. The maximum absolute atomic E-state index is 11.7. The molecular weight excluding hydrogens is 264 g/mol. The summed E-state index contributed by atoms with van der Waals surface area (Å²) < 4.78 is 12.5. The van der Waals surface area contributed by atoms with E-state index in [4.69, 9.17) is 9.47 Å². The number of ether oxygens (including phenoxy) is 2. The number of aldehydes is 1. The molecule has 0 amide bonds. The molecule has 0 radical (unpaired) electrons. The molecule has 0 spiro atoms. The number of rotatable bonds is 5. The predicted octanol–water partition coefficient (Wildman–Crippen LogP) is 3.51. The molecule has 3 rings (SSSR count). The number of benzene rings is 1. The molecule has 2 saturated heterocycles. The van der Waals surface area contributed by atoms with Crippen molar-refractivity contribution in [2.45, 2.75) is 63.9 Å². The van der Waals surface area contributed by atoms with E-state index in [-0.39, 0.29) is 17.1 Å². The normalized spacial score (nSPS) is 36.8. The first-order chi connectivity index (χ1) is 10.00. The van der Waals surface area contributed by atoms with Crippen molar-refractivity contribution < 1.29 is 14.3 Å². The van der Waals surface area contributed by atoms with Gasteiger partial charge in [-0.1, -0.05) is 51.1 Å². The number of fused-ring (bicyclic) bond motifs is 2. The van der Waals surface area contributed by atoms with Crippen molar-refractivity contribution in [1.29, 1.82) is 0 Å². The molecule has 3 atom stereocenters. The minimum Gasteiger partial charge on any atom is -0.370 e. The number of hydrogen-bond donors (Lipinski definition) is 0. The standard InChI is InChI=1S/C18H24O3/c1-4-17-10-11-18(13-19,21-17)16(2,3)15(17)20-12-14-8-6-5-7-9-14/h5-9,13,15H,4,10-12H2,1-3H3. The van der Waals surface area contributed by atoms with Gasteiger partial charge < -0.3 is 14.3 Å². The quantitative estimate of drug-likeness (QED) is 0.778. The van der Waals surface area contributed by atoms with Crippen LogP contribution in [0.2, 0.25) is 0 Å². The zero-order valence-electron chi connectivity index (χ0n) is 13.1. The first-order valence-corrected chi connectivity index (χ1v) is 7.82. The molecule has 0 aliphatic carbocycles. The average Bonchev–Trinajstić information content (AvgIpc) is 2.97. The molecule has 2 heterocycles. The van der Waals surface area contributed by atoms with Crippen LogP contribution in [0.4, 0.5) is 0 Å². The molecule has 21 heavy (non-hydrogen) atoms. The molecule has 0 saturated carbocycles. The third-order valence-corrected chi connectivity index (χ3v) is 5.58. The van der Waals surface area contributed by atoms with Crippen molar-refractivity contribution in [3.8, 4) is 0 Å². The van der Waals surface area contributed by atoms with Crippen molar-refractivity contribution in [3.63, 3.8) is 0 Å². The third-order valence-electron chi connectivity index (χ3n) is 5.58. The van der Waals surface area contributed by atoms with Gasteiger partial charge in [0.2, 0.25) is 0 Å². The van der Waals surface area contributed by atoms with Gasteiger partial charge in [0.1, 0.15) is 5.60 Å². The monoisotopic (exact) mass is 288 g/mol. The van der Waals surface area contributed by atoms with Gasteiger partial charge in [0.05, 0.1) is 18.3 Å². The van der Waals surface area contributed by atoms with E-state index in [1.54, 1.807) is 0 Å². The second-order valence-corrected chi connectivity index (χ2v) is 6.93. The van der Waals surface area contributed by atoms with E-state index in [1.807, 2.05) is 18.2 Å². The Morgan fingerprint density at radius 1 is 1.29 bits per heavy atom. The van der Waals surface area contributed by atoms with Gasteiger partial charge in [-0.25, -0.2) is 0 Å². The van der Waals surface area contributed by atoms with E-state index in [2.05, 4.69) is 32.9 Å². The number of carbonyl (C=O) groups is 1. The van der Waals surface area contributed by atoms with Crippen LogP contribution in [0.3, 0.4) is 0 Å². The zero-order valence-corrected chi connectivity index (χ0v) is 13.1. The van der Waals surface area contributed by atoms with Gasteiger partial charge >= 0.3 is 0 Å². The summed E-state index contributed by atoms with van der Waals surface area (Å²) in [4.78, 5) is 11.7. The fourth-order valence-electron chi connectivity index (χ4n) is 4.16. The first kappa shape index (κ1) is 14.7. The maximum atomic E-state index is 11.7. The average molecular weight is 288 g/mol. The summed E-state index contributed by atoms with van der Waals surface area (Å²) in [6.45, 7) is 6.90. The van der Waals surface area contributed by atoms with E-state index < -0.39 is 5.60 Å². The Labute approximate surface area is 126 Å². The molecule has 114 valence electrons. The van der Waals surface area contributed by atoms with Crippen molar-refractivity contribution in [3.05, 3.63) is 35.9 Å². The molecule has 2 bridgehead atoms. The van der Waals surface area contributed by atoms with Crippen LogP contribution in [0.5, 0.6) is 0 Å². The van der Waals surface area contributed by atoms with Crippen molar-refractivity contribution in [2.24, 2.45) is 5.41 Å². The van der Waals surface area contributed by atoms with E-state index >= 15 is 0 Å². The van der Waals surface area contributed by atoms with Gasteiger partial charge in [0.25, 0.3) is 0 Å². The Morgan fingerprint density at radius 3 is 2.62 bits per heavy atom. The molecule has 2 aliphatic heterocycles. The Balaban J connectivity index is 1.85. The molecule has 2 fully saturated rings. The van der Waals surface area contributed by atoms with Gasteiger partial charge in [-0.2, -0.15) is 0 Å². The summed E-state index contributed by atoms with van der Waals surface area (Å²) >= 11 is 0. The lowest BCUT2D eigenvalue weighted by molar-refractivity contribution is -0.135. The van der Waals surface area contributed by atoms with Crippen LogP contribution in [0.25, 0.3) is 0 Å².